The Balaban J connectivity index is 1.50. The van der Waals surface area contributed by atoms with E-state index in [0.29, 0.717) is 57.1 Å². The van der Waals surface area contributed by atoms with Crippen LogP contribution in [0.15, 0.2) is 34.6 Å². The van der Waals surface area contributed by atoms with Crippen LogP contribution in [0.1, 0.15) is 61.6 Å². The normalized spacial score (nSPS) is 13.9. The number of nitrogens with one attached hydrogen (secondary N) is 1. The highest BCUT2D eigenvalue weighted by atomic mass is 32.1. The first kappa shape index (κ1) is 34.2. The summed E-state index contributed by atoms with van der Waals surface area (Å²) < 4.78 is 1.26. The van der Waals surface area contributed by atoms with Gasteiger partial charge in [-0.15, -0.1) is 11.3 Å². The largest absolute Gasteiger partial charge is 0.480 e. The summed E-state index contributed by atoms with van der Waals surface area (Å²) in [4.78, 5) is 76.1. The molecule has 3 aromatic rings. The minimum Gasteiger partial charge on any atom is -0.480 e. The summed E-state index contributed by atoms with van der Waals surface area (Å²) in [5.74, 6) is -2.27. The maximum absolute atomic E-state index is 13.5. The molecule has 0 radical (unpaired) electrons. The number of thiazole rings is 1. The Bertz CT molecular complexity index is 1700. The van der Waals surface area contributed by atoms with Crippen molar-refractivity contribution in [2.75, 3.05) is 56.5 Å². The molecule has 2 amide bonds. The number of anilines is 2. The number of carboxylic acids is 2. The zero-order valence-corrected chi connectivity index (χ0v) is 27.2. The molecule has 0 spiro atoms. The molecule has 46 heavy (non-hydrogen) atoms. The highest BCUT2D eigenvalue weighted by Gasteiger charge is 2.25. The maximum Gasteiger partial charge on any atom is 0.328 e. The summed E-state index contributed by atoms with van der Waals surface area (Å²) in [7, 11) is 1.72. The fourth-order valence-electron chi connectivity index (χ4n) is 4.96. The van der Waals surface area contributed by atoms with E-state index in [2.05, 4.69) is 10.3 Å². The lowest BCUT2D eigenvalue weighted by Crippen LogP contribution is -2.49. The summed E-state index contributed by atoms with van der Waals surface area (Å²) in [6.07, 6.45) is 5.19. The molecule has 0 bridgehead atoms. The van der Waals surface area contributed by atoms with Gasteiger partial charge in [-0.3, -0.25) is 33.8 Å². The zero-order valence-electron chi connectivity index (χ0n) is 26.4. The fraction of sp³-hybridized carbons (Fsp3) is 0.452. The third-order valence-corrected chi connectivity index (χ3v) is 8.27. The van der Waals surface area contributed by atoms with Gasteiger partial charge in [0.05, 0.1) is 17.8 Å². The molecule has 3 N–H and O–H groups in total. The monoisotopic (exact) mass is 653 g/mol. The standard InChI is InChI=1S/C31H39N7O7S/c1-31(2,3)22-19-46-30(32-22)34-28(44)20-10-12-38-23(17-20)33-27(21(29(38)45)8-9-25(40)41)37-15-13-36(14-16-37)24(39)7-5-6-11-35(4)18-26(42)43/h8-10,12,17,19H,5-7,11,13-16,18H2,1-4H3,(H,40,41)(H,42,43)(H,32,34,44)/b9-8+. The van der Waals surface area contributed by atoms with Crippen molar-refractivity contribution in [3.8, 4) is 0 Å². The summed E-state index contributed by atoms with van der Waals surface area (Å²) in [6.45, 7) is 8.12. The molecular formula is C31H39N7O7S. The van der Waals surface area contributed by atoms with Crippen LogP contribution in [0.3, 0.4) is 0 Å². The lowest BCUT2D eigenvalue weighted by atomic mass is 9.93. The Morgan fingerprint density at radius 2 is 1.80 bits per heavy atom. The van der Waals surface area contributed by atoms with E-state index in [9.17, 15) is 29.1 Å². The molecule has 1 aliphatic rings. The van der Waals surface area contributed by atoms with Crippen molar-refractivity contribution in [1.82, 2.24) is 24.2 Å². The number of carboxylic acid groups (broad SMARTS) is 2. The van der Waals surface area contributed by atoms with E-state index in [4.69, 9.17) is 10.1 Å². The predicted octanol–water partition coefficient (Wildman–Crippen LogP) is 2.63. The number of hydrogen-bond acceptors (Lipinski definition) is 10. The quantitative estimate of drug-likeness (QED) is 0.193. The van der Waals surface area contributed by atoms with Crippen molar-refractivity contribution in [3.05, 3.63) is 57.0 Å². The summed E-state index contributed by atoms with van der Waals surface area (Å²) >= 11 is 1.32. The Morgan fingerprint density at radius 1 is 1.09 bits per heavy atom. The van der Waals surface area contributed by atoms with E-state index >= 15 is 0 Å². The number of rotatable bonds is 12. The molecule has 15 heteroatoms. The average molecular weight is 654 g/mol. The molecule has 14 nitrogen and oxygen atoms in total. The van der Waals surface area contributed by atoms with E-state index in [0.717, 1.165) is 11.8 Å². The van der Waals surface area contributed by atoms with Gasteiger partial charge in [0, 0.05) is 61.2 Å². The number of carbonyl (C=O) groups excluding carboxylic acids is 2. The van der Waals surface area contributed by atoms with Crippen molar-refractivity contribution in [1.29, 1.82) is 0 Å². The van der Waals surface area contributed by atoms with Crippen LogP contribution in [-0.4, -0.2) is 104 Å². The Morgan fingerprint density at radius 3 is 2.43 bits per heavy atom. The first-order valence-corrected chi connectivity index (χ1v) is 15.8. The number of fused-ring (bicyclic) bond motifs is 1. The van der Waals surface area contributed by atoms with Gasteiger partial charge >= 0.3 is 11.9 Å². The maximum atomic E-state index is 13.5. The Labute approximate surface area is 270 Å². The second-order valence-corrected chi connectivity index (χ2v) is 13.0. The molecule has 1 saturated heterocycles. The van der Waals surface area contributed by atoms with E-state index < -0.39 is 23.4 Å². The number of unbranched alkanes of at least 4 members (excludes halogenated alkanes) is 1. The Hall–Kier alpha value is -4.63. The third-order valence-electron chi connectivity index (χ3n) is 7.51. The van der Waals surface area contributed by atoms with Gasteiger partial charge < -0.3 is 20.0 Å². The van der Waals surface area contributed by atoms with E-state index in [1.54, 1.807) is 16.8 Å². The van der Waals surface area contributed by atoms with Crippen LogP contribution in [0.5, 0.6) is 0 Å². The highest BCUT2D eigenvalue weighted by molar-refractivity contribution is 7.14. The van der Waals surface area contributed by atoms with Crippen molar-refractivity contribution in [2.24, 2.45) is 0 Å². The molecule has 1 fully saturated rings. The van der Waals surface area contributed by atoms with Gasteiger partial charge in [0.25, 0.3) is 11.5 Å². The van der Waals surface area contributed by atoms with E-state index in [-0.39, 0.29) is 40.5 Å². The summed E-state index contributed by atoms with van der Waals surface area (Å²) in [5, 5.41) is 23.3. The lowest BCUT2D eigenvalue weighted by molar-refractivity contribution is -0.138. The summed E-state index contributed by atoms with van der Waals surface area (Å²) in [5.41, 5.74) is 0.751. The first-order valence-electron chi connectivity index (χ1n) is 14.9. The van der Waals surface area contributed by atoms with E-state index in [1.807, 2.05) is 31.1 Å². The van der Waals surface area contributed by atoms with Crippen LogP contribution in [0.25, 0.3) is 11.7 Å². The van der Waals surface area contributed by atoms with Crippen molar-refractivity contribution in [2.45, 2.75) is 45.4 Å². The number of likely N-dealkylation sites (N-methyl/N-ethyl adjacent to an activating group) is 1. The molecule has 0 saturated carbocycles. The molecule has 1 aliphatic heterocycles. The topological polar surface area (TPSA) is 178 Å². The minimum atomic E-state index is -1.22. The van der Waals surface area contributed by atoms with Gasteiger partial charge in [0.2, 0.25) is 5.91 Å². The van der Waals surface area contributed by atoms with Crippen molar-refractivity contribution in [3.63, 3.8) is 0 Å². The van der Waals surface area contributed by atoms with Gasteiger partial charge in [0.15, 0.2) is 5.13 Å². The number of nitrogens with zero attached hydrogens (tertiary/aromatic N) is 6. The van der Waals surface area contributed by atoms with Crippen LogP contribution >= 0.6 is 11.3 Å². The fourth-order valence-corrected chi connectivity index (χ4v) is 5.89. The predicted molar refractivity (Wildman–Crippen MR) is 175 cm³/mol. The molecule has 4 heterocycles. The lowest BCUT2D eigenvalue weighted by Gasteiger charge is -2.36. The minimum absolute atomic E-state index is 0.0106. The zero-order chi connectivity index (χ0) is 33.6. The van der Waals surface area contributed by atoms with Crippen LogP contribution in [0.4, 0.5) is 10.9 Å². The summed E-state index contributed by atoms with van der Waals surface area (Å²) in [6, 6.07) is 2.99. The van der Waals surface area contributed by atoms with Gasteiger partial charge in [-0.05, 0) is 44.6 Å². The average Bonchev–Trinajstić information content (AvgIpc) is 3.47. The van der Waals surface area contributed by atoms with Gasteiger partial charge in [-0.25, -0.2) is 14.8 Å². The number of carbonyl (C=O) groups is 4. The number of aromatic nitrogens is 3. The number of piperazine rings is 1. The van der Waals surface area contributed by atoms with Crippen LogP contribution in [-0.2, 0) is 19.8 Å². The van der Waals surface area contributed by atoms with Crippen molar-refractivity contribution >= 4 is 57.8 Å². The number of aliphatic carboxylic acids is 2. The van der Waals surface area contributed by atoms with Crippen LogP contribution < -0.4 is 15.8 Å². The SMILES string of the molecule is CN(CCCCC(=O)N1CCN(c2nc3cc(C(=O)Nc4nc(C(C)(C)C)cs4)ccn3c(=O)c2/C=C/C(=O)O)CC1)CC(=O)O. The second kappa shape index (κ2) is 14.6. The molecule has 246 valence electrons. The molecule has 4 rings (SSSR count). The number of hydrogen-bond donors (Lipinski definition) is 3. The number of pyridine rings is 1. The smallest absolute Gasteiger partial charge is 0.328 e. The van der Waals surface area contributed by atoms with Crippen LogP contribution in [0.2, 0.25) is 0 Å². The molecule has 0 atom stereocenters. The Kier molecular flexibility index (Phi) is 10.9. The van der Waals surface area contributed by atoms with Gasteiger partial charge in [-0.1, -0.05) is 20.8 Å². The van der Waals surface area contributed by atoms with Crippen molar-refractivity contribution < 1.29 is 29.4 Å². The third kappa shape index (κ3) is 8.75. The van der Waals surface area contributed by atoms with E-state index in [1.165, 1.54) is 40.1 Å². The van der Waals surface area contributed by atoms with Gasteiger partial charge in [0.1, 0.15) is 11.5 Å². The molecule has 3 aromatic heterocycles. The first-order chi connectivity index (χ1) is 21.7. The molecule has 0 aromatic carbocycles. The second-order valence-electron chi connectivity index (χ2n) is 12.2. The highest BCUT2D eigenvalue weighted by Crippen LogP contribution is 2.27. The molecule has 0 aliphatic carbocycles. The number of amides is 2. The van der Waals surface area contributed by atoms with Crippen LogP contribution in [0, 0.1) is 0 Å². The van der Waals surface area contributed by atoms with Gasteiger partial charge in [-0.2, -0.15) is 0 Å². The molecule has 0 unspecified atom stereocenters. The molecular weight excluding hydrogens is 614 g/mol.